The lowest BCUT2D eigenvalue weighted by Gasteiger charge is -2.39. The number of aliphatic hydroxyl groups excluding tert-OH is 1. The van der Waals surface area contributed by atoms with Gasteiger partial charge in [0.25, 0.3) is 0 Å². The van der Waals surface area contributed by atoms with Gasteiger partial charge in [-0.1, -0.05) is 13.8 Å². The van der Waals surface area contributed by atoms with Crippen molar-refractivity contribution in [1.82, 2.24) is 0 Å². The molecular weight excluding hydrogens is 204 g/mol. The lowest BCUT2D eigenvalue weighted by Crippen LogP contribution is -2.58. The maximum absolute atomic E-state index is 10.9. The minimum atomic E-state index is -1.18. The molecular formula is C12H24N2O2. The summed E-state index contributed by atoms with van der Waals surface area (Å²) >= 11 is 0. The lowest BCUT2D eigenvalue weighted by molar-refractivity contribution is -0.130. The zero-order chi connectivity index (χ0) is 12.4. The van der Waals surface area contributed by atoms with Crippen molar-refractivity contribution in [1.29, 1.82) is 0 Å². The van der Waals surface area contributed by atoms with E-state index in [1.807, 2.05) is 13.8 Å². The van der Waals surface area contributed by atoms with E-state index in [1.54, 1.807) is 0 Å². The molecule has 1 amide bonds. The van der Waals surface area contributed by atoms with Crippen molar-refractivity contribution in [3.63, 3.8) is 0 Å². The van der Waals surface area contributed by atoms with Gasteiger partial charge in [-0.15, -0.1) is 0 Å². The van der Waals surface area contributed by atoms with Crippen LogP contribution in [0, 0.1) is 5.41 Å². The first kappa shape index (κ1) is 13.5. The third kappa shape index (κ3) is 2.55. The lowest BCUT2D eigenvalue weighted by atomic mass is 9.72. The van der Waals surface area contributed by atoms with Crippen LogP contribution in [0.3, 0.4) is 0 Å². The van der Waals surface area contributed by atoms with Crippen molar-refractivity contribution in [3.05, 3.63) is 0 Å². The Hall–Kier alpha value is -0.610. The van der Waals surface area contributed by atoms with Gasteiger partial charge < -0.3 is 16.6 Å². The van der Waals surface area contributed by atoms with Crippen molar-refractivity contribution in [3.8, 4) is 0 Å². The number of aliphatic hydroxyl groups is 1. The summed E-state index contributed by atoms with van der Waals surface area (Å²) in [5.74, 6) is -0.695. The highest BCUT2D eigenvalue weighted by Crippen LogP contribution is 2.57. The molecule has 94 valence electrons. The van der Waals surface area contributed by atoms with Crippen LogP contribution in [-0.2, 0) is 4.79 Å². The van der Waals surface area contributed by atoms with Gasteiger partial charge in [0.05, 0.1) is 5.54 Å². The molecule has 0 radical (unpaired) electrons. The van der Waals surface area contributed by atoms with Crippen LogP contribution in [0.1, 0.15) is 52.4 Å². The first-order valence-corrected chi connectivity index (χ1v) is 6.24. The van der Waals surface area contributed by atoms with Crippen LogP contribution in [0.2, 0.25) is 0 Å². The highest BCUT2D eigenvalue weighted by atomic mass is 16.3. The molecule has 5 N–H and O–H groups in total. The van der Waals surface area contributed by atoms with E-state index in [-0.39, 0.29) is 0 Å². The number of amides is 1. The Labute approximate surface area is 97.4 Å². The van der Waals surface area contributed by atoms with Gasteiger partial charge in [0.2, 0.25) is 5.91 Å². The first-order valence-electron chi connectivity index (χ1n) is 6.24. The van der Waals surface area contributed by atoms with Crippen molar-refractivity contribution in [2.24, 2.45) is 16.9 Å². The number of nitrogens with two attached hydrogens (primary N) is 2. The Kier molecular flexibility index (Phi) is 3.97. The molecule has 4 nitrogen and oxygen atoms in total. The predicted octanol–water partition coefficient (Wildman–Crippen LogP) is 0.910. The summed E-state index contributed by atoms with van der Waals surface area (Å²) in [5, 5.41) is 9.60. The fourth-order valence-corrected chi connectivity index (χ4v) is 2.48. The molecule has 0 heterocycles. The molecule has 2 fully saturated rings. The molecule has 16 heavy (non-hydrogen) atoms. The second kappa shape index (κ2) is 4.72. The summed E-state index contributed by atoms with van der Waals surface area (Å²) in [6.07, 6.45) is 4.90. The average molecular weight is 228 g/mol. The molecule has 0 saturated heterocycles. The van der Waals surface area contributed by atoms with Crippen LogP contribution < -0.4 is 11.5 Å². The minimum Gasteiger partial charge on any atom is -0.381 e. The van der Waals surface area contributed by atoms with Gasteiger partial charge in [-0.2, -0.15) is 0 Å². The second-order valence-corrected chi connectivity index (χ2v) is 5.04. The highest BCUT2D eigenvalue weighted by Gasteiger charge is 2.51. The van der Waals surface area contributed by atoms with Crippen LogP contribution in [0.5, 0.6) is 0 Å². The molecule has 4 heteroatoms. The number of hydrogen-bond acceptors (Lipinski definition) is 3. The molecule has 2 rings (SSSR count). The summed E-state index contributed by atoms with van der Waals surface area (Å²) in [7, 11) is 0. The molecule has 0 aromatic rings. The fourth-order valence-electron chi connectivity index (χ4n) is 2.48. The Morgan fingerprint density at radius 2 is 1.50 bits per heavy atom. The number of carbonyl (C=O) groups is 1. The monoisotopic (exact) mass is 228 g/mol. The third-order valence-electron chi connectivity index (χ3n) is 4.01. The average Bonchev–Trinajstić information content (AvgIpc) is 3.05. The number of hydrogen-bond donors (Lipinski definition) is 3. The first-order chi connectivity index (χ1) is 7.48. The molecule has 0 aliphatic heterocycles. The van der Waals surface area contributed by atoms with E-state index >= 15 is 0 Å². The van der Waals surface area contributed by atoms with Crippen molar-refractivity contribution < 1.29 is 9.90 Å². The summed E-state index contributed by atoms with van der Waals surface area (Å²) in [4.78, 5) is 10.9. The molecule has 2 aliphatic rings. The molecule has 1 atom stereocenters. The molecule has 2 aliphatic carbocycles. The second-order valence-electron chi connectivity index (χ2n) is 5.04. The third-order valence-corrected chi connectivity index (χ3v) is 4.01. The van der Waals surface area contributed by atoms with Crippen LogP contribution in [0.4, 0.5) is 0 Å². The normalized spacial score (nSPS) is 26.5. The topological polar surface area (TPSA) is 89.3 Å². The Bertz CT molecular complexity index is 252. The fraction of sp³-hybridized carbons (Fsp3) is 0.917. The number of carbonyl (C=O) groups excluding carboxylic acids is 1. The van der Waals surface area contributed by atoms with Crippen LogP contribution >= 0.6 is 0 Å². The molecule has 2 saturated carbocycles. The highest BCUT2D eigenvalue weighted by molar-refractivity contribution is 5.80. The zero-order valence-corrected chi connectivity index (χ0v) is 10.3. The Balaban J connectivity index is 0.000000606. The van der Waals surface area contributed by atoms with E-state index in [0.29, 0.717) is 5.41 Å². The van der Waals surface area contributed by atoms with Gasteiger partial charge in [-0.3, -0.25) is 4.79 Å². The van der Waals surface area contributed by atoms with Crippen LogP contribution in [0.25, 0.3) is 0 Å². The van der Waals surface area contributed by atoms with Crippen LogP contribution in [-0.4, -0.2) is 22.7 Å². The predicted molar refractivity (Wildman–Crippen MR) is 63.6 cm³/mol. The largest absolute Gasteiger partial charge is 0.381 e. The summed E-state index contributed by atoms with van der Waals surface area (Å²) in [6, 6.07) is 0. The van der Waals surface area contributed by atoms with E-state index in [1.165, 1.54) is 12.8 Å². The van der Waals surface area contributed by atoms with Gasteiger partial charge in [-0.25, -0.2) is 0 Å². The van der Waals surface area contributed by atoms with Gasteiger partial charge in [0.1, 0.15) is 6.10 Å². The zero-order valence-electron chi connectivity index (χ0n) is 10.3. The van der Waals surface area contributed by atoms with E-state index < -0.39 is 17.6 Å². The molecule has 1 unspecified atom stereocenters. The summed E-state index contributed by atoms with van der Waals surface area (Å²) in [6.45, 7) is 4.00. The van der Waals surface area contributed by atoms with Crippen LogP contribution in [0.15, 0.2) is 0 Å². The van der Waals surface area contributed by atoms with E-state index in [9.17, 15) is 9.90 Å². The SMILES string of the molecule is CC.NC(=O)C(O)C1(N)CCC2(CC2)CC1. The van der Waals surface area contributed by atoms with Crippen molar-refractivity contribution in [2.45, 2.75) is 64.0 Å². The van der Waals surface area contributed by atoms with E-state index in [0.717, 1.165) is 25.7 Å². The minimum absolute atomic E-state index is 0.514. The smallest absolute Gasteiger partial charge is 0.248 e. The Morgan fingerprint density at radius 1 is 1.12 bits per heavy atom. The van der Waals surface area contributed by atoms with E-state index in [2.05, 4.69) is 0 Å². The molecule has 0 aromatic carbocycles. The van der Waals surface area contributed by atoms with Gasteiger partial charge >= 0.3 is 0 Å². The summed E-state index contributed by atoms with van der Waals surface area (Å²) < 4.78 is 0. The van der Waals surface area contributed by atoms with Gasteiger partial charge in [0, 0.05) is 0 Å². The quantitative estimate of drug-likeness (QED) is 0.656. The number of primary amides is 1. The molecule has 0 bridgehead atoms. The summed E-state index contributed by atoms with van der Waals surface area (Å²) in [5.41, 5.74) is 10.8. The van der Waals surface area contributed by atoms with Gasteiger partial charge in [0.15, 0.2) is 0 Å². The van der Waals surface area contributed by atoms with E-state index in [4.69, 9.17) is 11.5 Å². The van der Waals surface area contributed by atoms with Crippen molar-refractivity contribution >= 4 is 5.91 Å². The molecule has 0 aromatic heterocycles. The maximum Gasteiger partial charge on any atom is 0.248 e. The standard InChI is InChI=1S/C10H18N2O2.C2H6/c11-8(14)7(13)10(12)5-3-9(1-2-9)4-6-10;1-2/h7,13H,1-6,12H2,(H2,11,14);1-2H3. The molecule has 1 spiro atoms. The van der Waals surface area contributed by atoms with Crippen molar-refractivity contribution in [2.75, 3.05) is 0 Å². The maximum atomic E-state index is 10.9. The number of rotatable bonds is 2. The van der Waals surface area contributed by atoms with Gasteiger partial charge in [-0.05, 0) is 43.9 Å². The Morgan fingerprint density at radius 3 is 1.81 bits per heavy atom.